The van der Waals surface area contributed by atoms with E-state index in [1.54, 1.807) is 38.4 Å². The summed E-state index contributed by atoms with van der Waals surface area (Å²) in [6.45, 7) is 6.50. The SMILES string of the molecule is COc1ccc2cc1OCCN(S(=O)(=O)c1c(C)noc1C)CC(=O)N[C@H](C(C)C)C(=O)NCCn1ccnc1-2. The van der Waals surface area contributed by atoms with Crippen LogP contribution in [0, 0.1) is 19.8 Å². The number of benzene rings is 1. The molecule has 2 amide bonds. The first-order valence-electron chi connectivity index (χ1n) is 12.8. The number of fused-ring (bicyclic) bond motifs is 4. The molecule has 2 aromatic heterocycles. The molecule has 2 bridgehead atoms. The first-order chi connectivity index (χ1) is 19.0. The normalized spacial score (nSPS) is 17.9. The van der Waals surface area contributed by atoms with E-state index in [-0.39, 0.29) is 47.9 Å². The van der Waals surface area contributed by atoms with Gasteiger partial charge in [-0.25, -0.2) is 13.4 Å². The van der Waals surface area contributed by atoms with Gasteiger partial charge in [-0.05, 0) is 38.0 Å². The van der Waals surface area contributed by atoms with Crippen LogP contribution in [0.4, 0.5) is 0 Å². The number of aryl methyl sites for hydroxylation is 2. The van der Waals surface area contributed by atoms with Gasteiger partial charge in [-0.15, -0.1) is 0 Å². The molecule has 0 spiro atoms. The number of nitrogens with one attached hydrogen (secondary N) is 2. The van der Waals surface area contributed by atoms with Gasteiger partial charge in [0.15, 0.2) is 17.3 Å². The van der Waals surface area contributed by atoms with E-state index in [2.05, 4.69) is 20.8 Å². The molecule has 1 aliphatic rings. The van der Waals surface area contributed by atoms with Crippen molar-refractivity contribution in [3.63, 3.8) is 0 Å². The van der Waals surface area contributed by atoms with Crippen molar-refractivity contribution < 1.29 is 32.0 Å². The Balaban J connectivity index is 1.72. The van der Waals surface area contributed by atoms with Crippen molar-refractivity contribution >= 4 is 21.8 Å². The van der Waals surface area contributed by atoms with Gasteiger partial charge in [0.05, 0.1) is 13.7 Å². The van der Waals surface area contributed by atoms with Crippen LogP contribution in [0.25, 0.3) is 11.4 Å². The van der Waals surface area contributed by atoms with Crippen molar-refractivity contribution in [2.75, 3.05) is 33.4 Å². The number of nitrogens with zero attached hydrogens (tertiary/aromatic N) is 4. The first-order valence-corrected chi connectivity index (χ1v) is 14.3. The first kappa shape index (κ1) is 29.1. The summed E-state index contributed by atoms with van der Waals surface area (Å²) in [6.07, 6.45) is 3.47. The quantitative estimate of drug-likeness (QED) is 0.471. The summed E-state index contributed by atoms with van der Waals surface area (Å²) < 4.78 is 46.8. The van der Waals surface area contributed by atoms with Crippen LogP contribution in [-0.2, 0) is 26.2 Å². The minimum Gasteiger partial charge on any atom is -0.493 e. The molecular weight excluding hydrogens is 540 g/mol. The van der Waals surface area contributed by atoms with Gasteiger partial charge in [0, 0.05) is 37.6 Å². The summed E-state index contributed by atoms with van der Waals surface area (Å²) in [7, 11) is -2.71. The number of imidazole rings is 1. The van der Waals surface area contributed by atoms with Crippen LogP contribution >= 0.6 is 0 Å². The standard InChI is InChI=1S/C26H34N6O7S/c1-16(2)23-26(34)28-9-11-31-10-8-27-25(31)19-6-7-20(37-5)21(14-19)38-13-12-32(15-22(33)29-23)40(35,36)24-17(3)30-39-18(24)4/h6-8,10,14,16,23H,9,11-13,15H2,1-5H3,(H,28,34)(H,29,33)/t23-/m1/s1. The number of amides is 2. The molecule has 2 N–H and O–H groups in total. The van der Waals surface area contributed by atoms with Gasteiger partial charge in [-0.3, -0.25) is 9.59 Å². The maximum Gasteiger partial charge on any atom is 0.249 e. The molecule has 14 heteroatoms. The number of ether oxygens (including phenoxy) is 2. The maximum absolute atomic E-state index is 13.7. The lowest BCUT2D eigenvalue weighted by Gasteiger charge is -2.25. The fourth-order valence-corrected chi connectivity index (χ4v) is 6.19. The largest absolute Gasteiger partial charge is 0.493 e. The van der Waals surface area contributed by atoms with E-state index in [4.69, 9.17) is 14.0 Å². The molecule has 0 aliphatic carbocycles. The molecule has 0 radical (unpaired) electrons. The zero-order valence-electron chi connectivity index (χ0n) is 23.1. The smallest absolute Gasteiger partial charge is 0.249 e. The number of rotatable bonds is 4. The molecule has 40 heavy (non-hydrogen) atoms. The summed E-state index contributed by atoms with van der Waals surface area (Å²) in [5.74, 6) is 0.332. The van der Waals surface area contributed by atoms with E-state index in [1.807, 2.05) is 10.6 Å². The Morgan fingerprint density at radius 1 is 1.18 bits per heavy atom. The Kier molecular flexibility index (Phi) is 8.79. The number of sulfonamides is 1. The Morgan fingerprint density at radius 3 is 2.62 bits per heavy atom. The summed E-state index contributed by atoms with van der Waals surface area (Å²) >= 11 is 0. The molecule has 3 aromatic rings. The molecule has 13 nitrogen and oxygen atoms in total. The molecular formula is C26H34N6O7S. The van der Waals surface area contributed by atoms with Gasteiger partial charge in [0.25, 0.3) is 0 Å². The van der Waals surface area contributed by atoms with Crippen LogP contribution in [0.1, 0.15) is 25.3 Å². The molecule has 1 aromatic carbocycles. The Bertz CT molecular complexity index is 1460. The van der Waals surface area contributed by atoms with E-state index in [1.165, 1.54) is 21.0 Å². The highest BCUT2D eigenvalue weighted by Gasteiger charge is 2.34. The number of hydrogen-bond acceptors (Lipinski definition) is 9. The monoisotopic (exact) mass is 574 g/mol. The number of aromatic nitrogens is 3. The minimum atomic E-state index is -4.21. The second-order valence-corrected chi connectivity index (χ2v) is 11.6. The Labute approximate surface area is 232 Å². The van der Waals surface area contributed by atoms with E-state index in [0.29, 0.717) is 23.9 Å². The van der Waals surface area contributed by atoms with Gasteiger partial charge in [-0.2, -0.15) is 4.31 Å². The molecule has 0 saturated heterocycles. The van der Waals surface area contributed by atoms with Gasteiger partial charge in [0.1, 0.15) is 29.1 Å². The highest BCUT2D eigenvalue weighted by Crippen LogP contribution is 2.32. The second-order valence-electron chi connectivity index (χ2n) is 9.73. The van der Waals surface area contributed by atoms with Gasteiger partial charge in [-0.1, -0.05) is 19.0 Å². The van der Waals surface area contributed by atoms with Crippen LogP contribution < -0.4 is 20.1 Å². The molecule has 4 rings (SSSR count). The van der Waals surface area contributed by atoms with E-state index in [0.717, 1.165) is 9.87 Å². The fourth-order valence-electron chi connectivity index (χ4n) is 4.52. The molecule has 216 valence electrons. The van der Waals surface area contributed by atoms with Crippen LogP contribution in [0.5, 0.6) is 11.5 Å². The van der Waals surface area contributed by atoms with Crippen molar-refractivity contribution in [2.45, 2.75) is 45.2 Å². The number of carbonyl (C=O) groups excluding carboxylic acids is 2. The van der Waals surface area contributed by atoms with E-state index in [9.17, 15) is 18.0 Å². The second kappa shape index (κ2) is 12.1. The molecule has 1 atom stereocenters. The van der Waals surface area contributed by atoms with Crippen LogP contribution in [0.2, 0.25) is 0 Å². The minimum absolute atomic E-state index is 0.0990. The average Bonchev–Trinajstić information content (AvgIpc) is 3.51. The topological polar surface area (TPSA) is 158 Å². The fraction of sp³-hybridized carbons (Fsp3) is 0.462. The summed E-state index contributed by atoms with van der Waals surface area (Å²) in [5, 5.41) is 9.32. The maximum atomic E-state index is 13.7. The zero-order valence-corrected chi connectivity index (χ0v) is 23.9. The highest BCUT2D eigenvalue weighted by molar-refractivity contribution is 7.89. The summed E-state index contributed by atoms with van der Waals surface area (Å²) in [5.41, 5.74) is 0.917. The van der Waals surface area contributed by atoms with Crippen molar-refractivity contribution in [1.29, 1.82) is 0 Å². The predicted molar refractivity (Wildman–Crippen MR) is 144 cm³/mol. The number of hydrogen-bond donors (Lipinski definition) is 2. The lowest BCUT2D eigenvalue weighted by atomic mass is 10.0. The third-order valence-electron chi connectivity index (χ3n) is 6.54. The van der Waals surface area contributed by atoms with Crippen molar-refractivity contribution in [3.05, 3.63) is 42.0 Å². The lowest BCUT2D eigenvalue weighted by Crippen LogP contribution is -2.53. The average molecular weight is 575 g/mol. The van der Waals surface area contributed by atoms with Crippen LogP contribution in [0.3, 0.4) is 0 Å². The molecule has 3 heterocycles. The third-order valence-corrected chi connectivity index (χ3v) is 8.63. The molecule has 0 unspecified atom stereocenters. The lowest BCUT2D eigenvalue weighted by molar-refractivity contribution is -0.130. The van der Waals surface area contributed by atoms with Crippen molar-refractivity contribution in [3.8, 4) is 22.9 Å². The van der Waals surface area contributed by atoms with Gasteiger partial charge >= 0.3 is 0 Å². The highest BCUT2D eigenvalue weighted by atomic mass is 32.2. The third kappa shape index (κ3) is 6.12. The van der Waals surface area contributed by atoms with Crippen LogP contribution in [-0.4, -0.2) is 78.6 Å². The zero-order chi connectivity index (χ0) is 29.0. The van der Waals surface area contributed by atoms with Crippen molar-refractivity contribution in [2.24, 2.45) is 5.92 Å². The van der Waals surface area contributed by atoms with Gasteiger partial charge in [0.2, 0.25) is 21.8 Å². The van der Waals surface area contributed by atoms with E-state index < -0.39 is 28.5 Å². The number of methoxy groups -OCH3 is 1. The summed E-state index contributed by atoms with van der Waals surface area (Å²) in [6, 6.07) is 4.45. The predicted octanol–water partition coefficient (Wildman–Crippen LogP) is 1.50. The van der Waals surface area contributed by atoms with E-state index >= 15 is 0 Å². The molecule has 0 saturated carbocycles. The van der Waals surface area contributed by atoms with Crippen molar-refractivity contribution in [1.82, 2.24) is 29.6 Å². The summed E-state index contributed by atoms with van der Waals surface area (Å²) in [4.78, 5) is 30.5. The number of carbonyl (C=O) groups is 2. The molecule has 1 aliphatic heterocycles. The Morgan fingerprint density at radius 2 is 1.95 bits per heavy atom. The van der Waals surface area contributed by atoms with Gasteiger partial charge < -0.3 is 29.2 Å². The Hall–Kier alpha value is -3.91. The molecule has 0 fully saturated rings. The van der Waals surface area contributed by atoms with Crippen LogP contribution in [0.15, 0.2) is 40.0 Å².